The van der Waals surface area contributed by atoms with E-state index in [1.165, 1.54) is 6.07 Å². The minimum atomic E-state index is -0.416. The summed E-state index contributed by atoms with van der Waals surface area (Å²) in [6.07, 6.45) is 0. The minimum absolute atomic E-state index is 0.0321. The highest BCUT2D eigenvalue weighted by Gasteiger charge is 2.09. The molecule has 0 radical (unpaired) electrons. The normalized spacial score (nSPS) is 10.9. The summed E-state index contributed by atoms with van der Waals surface area (Å²) in [6.45, 7) is 1.88. The van der Waals surface area contributed by atoms with Crippen LogP contribution >= 0.6 is 23.2 Å². The zero-order chi connectivity index (χ0) is 21.3. The van der Waals surface area contributed by atoms with Gasteiger partial charge in [0.15, 0.2) is 5.82 Å². The lowest BCUT2D eigenvalue weighted by Gasteiger charge is -2.10. The quantitative estimate of drug-likeness (QED) is 0.433. The molecule has 0 unspecified atom stereocenters. The Labute approximate surface area is 180 Å². The first-order valence-corrected chi connectivity index (χ1v) is 9.53. The second-order valence-electron chi connectivity index (χ2n) is 6.38. The van der Waals surface area contributed by atoms with Gasteiger partial charge in [0.25, 0.3) is 0 Å². The van der Waals surface area contributed by atoms with Crippen LogP contribution in [0.2, 0.25) is 10.0 Å². The number of anilines is 3. The van der Waals surface area contributed by atoms with Crippen LogP contribution in [0.15, 0.2) is 51.7 Å². The molecule has 0 fully saturated rings. The van der Waals surface area contributed by atoms with Crippen molar-refractivity contribution < 1.29 is 9.15 Å². The molecule has 4 rings (SSSR count). The zero-order valence-corrected chi connectivity index (χ0v) is 17.2. The zero-order valence-electron chi connectivity index (χ0n) is 15.6. The lowest BCUT2D eigenvalue weighted by atomic mass is 10.1. The molecular formula is C20H15Cl2N5O3. The molecule has 0 aliphatic rings. The predicted molar refractivity (Wildman–Crippen MR) is 116 cm³/mol. The van der Waals surface area contributed by atoms with Gasteiger partial charge in [0.05, 0.1) is 10.0 Å². The summed E-state index contributed by atoms with van der Waals surface area (Å²) in [6, 6.07) is 11.7. The van der Waals surface area contributed by atoms with Crippen molar-refractivity contribution in [3.8, 4) is 5.75 Å². The van der Waals surface area contributed by atoms with E-state index in [1.54, 1.807) is 30.3 Å². The SMILES string of the molecule is Cc1cc(=O)oc2cc(OCc3nc(N)nc(Nc4ccc(Cl)c(Cl)c4)n3)ccc12. The van der Waals surface area contributed by atoms with E-state index in [2.05, 4.69) is 20.3 Å². The lowest BCUT2D eigenvalue weighted by molar-refractivity contribution is 0.296. The van der Waals surface area contributed by atoms with E-state index < -0.39 is 5.63 Å². The second kappa shape index (κ2) is 8.17. The molecule has 0 saturated heterocycles. The molecule has 2 heterocycles. The van der Waals surface area contributed by atoms with Crippen molar-refractivity contribution in [2.45, 2.75) is 13.5 Å². The highest BCUT2D eigenvalue weighted by atomic mass is 35.5. The van der Waals surface area contributed by atoms with Gasteiger partial charge in [0, 0.05) is 23.2 Å². The Kier molecular flexibility index (Phi) is 5.43. The number of nitrogens with zero attached hydrogens (tertiary/aromatic N) is 3. The van der Waals surface area contributed by atoms with Crippen molar-refractivity contribution in [3.05, 3.63) is 74.3 Å². The highest BCUT2D eigenvalue weighted by Crippen LogP contribution is 2.26. The maximum absolute atomic E-state index is 11.6. The number of rotatable bonds is 5. The third-order valence-electron chi connectivity index (χ3n) is 4.17. The molecule has 0 aliphatic carbocycles. The maximum Gasteiger partial charge on any atom is 0.336 e. The van der Waals surface area contributed by atoms with Crippen LogP contribution in [0, 0.1) is 6.92 Å². The molecule has 30 heavy (non-hydrogen) atoms. The van der Waals surface area contributed by atoms with Crippen LogP contribution in [0.5, 0.6) is 5.75 Å². The summed E-state index contributed by atoms with van der Waals surface area (Å²) in [5.41, 5.74) is 7.28. The number of benzene rings is 2. The predicted octanol–water partition coefficient (Wildman–Crippen LogP) is 4.50. The lowest BCUT2D eigenvalue weighted by Crippen LogP contribution is -2.09. The average Bonchev–Trinajstić information content (AvgIpc) is 2.68. The fraction of sp³-hybridized carbons (Fsp3) is 0.100. The number of hydrogen-bond donors (Lipinski definition) is 2. The molecule has 4 aromatic rings. The molecule has 2 aromatic carbocycles. The molecule has 10 heteroatoms. The molecule has 0 amide bonds. The van der Waals surface area contributed by atoms with Crippen LogP contribution in [0.25, 0.3) is 11.0 Å². The molecule has 0 aliphatic heterocycles. The summed E-state index contributed by atoms with van der Waals surface area (Å²) >= 11 is 11.9. The Morgan fingerprint density at radius 2 is 1.90 bits per heavy atom. The number of hydrogen-bond acceptors (Lipinski definition) is 8. The van der Waals surface area contributed by atoms with E-state index in [0.29, 0.717) is 32.9 Å². The summed E-state index contributed by atoms with van der Waals surface area (Å²) in [5, 5.41) is 4.66. The van der Waals surface area contributed by atoms with E-state index in [0.717, 1.165) is 10.9 Å². The topological polar surface area (TPSA) is 116 Å². The van der Waals surface area contributed by atoms with Crippen molar-refractivity contribution >= 4 is 51.8 Å². The second-order valence-corrected chi connectivity index (χ2v) is 7.20. The third kappa shape index (κ3) is 4.45. The fourth-order valence-corrected chi connectivity index (χ4v) is 3.10. The molecule has 2 aromatic heterocycles. The number of aromatic nitrogens is 3. The van der Waals surface area contributed by atoms with Gasteiger partial charge >= 0.3 is 5.63 Å². The Morgan fingerprint density at radius 1 is 1.07 bits per heavy atom. The number of ether oxygens (including phenoxy) is 1. The van der Waals surface area contributed by atoms with Gasteiger partial charge in [-0.3, -0.25) is 0 Å². The van der Waals surface area contributed by atoms with Crippen molar-refractivity contribution in [2.24, 2.45) is 0 Å². The Bertz CT molecular complexity index is 1310. The summed E-state index contributed by atoms with van der Waals surface area (Å²) < 4.78 is 11.0. The Balaban J connectivity index is 1.53. The van der Waals surface area contributed by atoms with E-state index in [-0.39, 0.29) is 18.5 Å². The first-order valence-electron chi connectivity index (χ1n) is 8.77. The van der Waals surface area contributed by atoms with Gasteiger partial charge in [0.1, 0.15) is 17.9 Å². The fourth-order valence-electron chi connectivity index (χ4n) is 2.80. The Morgan fingerprint density at radius 3 is 2.70 bits per heavy atom. The molecule has 0 spiro atoms. The number of nitrogens with one attached hydrogen (secondary N) is 1. The van der Waals surface area contributed by atoms with Gasteiger partial charge in [-0.2, -0.15) is 15.0 Å². The first-order chi connectivity index (χ1) is 14.4. The van der Waals surface area contributed by atoms with Gasteiger partial charge in [-0.25, -0.2) is 4.79 Å². The molecule has 0 bridgehead atoms. The van der Waals surface area contributed by atoms with E-state index in [4.69, 9.17) is 38.1 Å². The van der Waals surface area contributed by atoms with Crippen molar-refractivity contribution in [2.75, 3.05) is 11.1 Å². The first kappa shape index (κ1) is 19.9. The van der Waals surface area contributed by atoms with Gasteiger partial charge in [0.2, 0.25) is 11.9 Å². The van der Waals surface area contributed by atoms with Crippen LogP contribution in [0.3, 0.4) is 0 Å². The molecule has 3 N–H and O–H groups in total. The number of nitrogens with two attached hydrogens (primary N) is 1. The number of aryl methyl sites for hydroxylation is 1. The third-order valence-corrected chi connectivity index (χ3v) is 4.90. The van der Waals surface area contributed by atoms with Crippen molar-refractivity contribution in [1.82, 2.24) is 15.0 Å². The summed E-state index contributed by atoms with van der Waals surface area (Å²) in [7, 11) is 0. The van der Waals surface area contributed by atoms with Gasteiger partial charge in [-0.1, -0.05) is 23.2 Å². The van der Waals surface area contributed by atoms with Gasteiger partial charge < -0.3 is 20.2 Å². The number of fused-ring (bicyclic) bond motifs is 1. The molecule has 0 atom stereocenters. The van der Waals surface area contributed by atoms with Crippen LogP contribution in [0.1, 0.15) is 11.4 Å². The van der Waals surface area contributed by atoms with Crippen LogP contribution in [-0.4, -0.2) is 15.0 Å². The molecule has 8 nitrogen and oxygen atoms in total. The monoisotopic (exact) mass is 443 g/mol. The smallest absolute Gasteiger partial charge is 0.336 e. The van der Waals surface area contributed by atoms with Crippen LogP contribution in [0.4, 0.5) is 17.6 Å². The van der Waals surface area contributed by atoms with Crippen LogP contribution in [-0.2, 0) is 6.61 Å². The van der Waals surface area contributed by atoms with E-state index in [1.807, 2.05) is 13.0 Å². The highest BCUT2D eigenvalue weighted by molar-refractivity contribution is 6.42. The Hall–Kier alpha value is -3.36. The van der Waals surface area contributed by atoms with Gasteiger partial charge in [-0.15, -0.1) is 0 Å². The minimum Gasteiger partial charge on any atom is -0.485 e. The standard InChI is InChI=1S/C20H15Cl2N5O3/c1-10-6-18(28)30-16-8-12(3-4-13(10)16)29-9-17-25-19(23)27-20(26-17)24-11-2-5-14(21)15(22)7-11/h2-8H,9H2,1H3,(H3,23,24,25,26,27). The van der Waals surface area contributed by atoms with Crippen molar-refractivity contribution in [3.63, 3.8) is 0 Å². The van der Waals surface area contributed by atoms with Gasteiger partial charge in [-0.05, 0) is 42.8 Å². The number of halogens is 2. The molecular weight excluding hydrogens is 429 g/mol. The maximum atomic E-state index is 11.6. The van der Waals surface area contributed by atoms with Crippen molar-refractivity contribution in [1.29, 1.82) is 0 Å². The number of nitrogen functional groups attached to an aromatic ring is 1. The van der Waals surface area contributed by atoms with E-state index in [9.17, 15) is 4.79 Å². The summed E-state index contributed by atoms with van der Waals surface area (Å²) in [5.74, 6) is 1.08. The van der Waals surface area contributed by atoms with Crippen LogP contribution < -0.4 is 21.4 Å². The molecule has 0 saturated carbocycles. The van der Waals surface area contributed by atoms with E-state index >= 15 is 0 Å². The molecule has 152 valence electrons. The average molecular weight is 444 g/mol. The largest absolute Gasteiger partial charge is 0.485 e. The summed E-state index contributed by atoms with van der Waals surface area (Å²) in [4.78, 5) is 24.0.